The van der Waals surface area contributed by atoms with Crippen molar-refractivity contribution in [1.82, 2.24) is 20.2 Å². The van der Waals surface area contributed by atoms with Gasteiger partial charge in [0.15, 0.2) is 5.82 Å². The Morgan fingerprint density at radius 1 is 1.00 bits per heavy atom. The molecule has 5 rings (SSSR count). The van der Waals surface area contributed by atoms with Crippen LogP contribution in [0.15, 0.2) is 60.9 Å². The summed E-state index contributed by atoms with van der Waals surface area (Å²) in [6.07, 6.45) is 7.14. The molecule has 0 amide bonds. The quantitative estimate of drug-likeness (QED) is 0.429. The maximum absolute atomic E-state index is 4.54. The van der Waals surface area contributed by atoms with Crippen LogP contribution in [0.3, 0.4) is 0 Å². The average Bonchev–Trinajstić information content (AvgIpc) is 3.45. The van der Waals surface area contributed by atoms with Crippen LogP contribution in [-0.2, 0) is 6.42 Å². The second kappa shape index (κ2) is 8.41. The highest BCUT2D eigenvalue weighted by Gasteiger charge is 2.12. The highest BCUT2D eigenvalue weighted by Crippen LogP contribution is 2.23. The van der Waals surface area contributed by atoms with Crippen molar-refractivity contribution in [2.75, 3.05) is 35.2 Å². The van der Waals surface area contributed by atoms with Crippen molar-refractivity contribution in [3.63, 3.8) is 0 Å². The summed E-state index contributed by atoms with van der Waals surface area (Å²) >= 11 is 0. The van der Waals surface area contributed by atoms with Crippen molar-refractivity contribution < 1.29 is 0 Å². The van der Waals surface area contributed by atoms with E-state index in [1.54, 1.807) is 6.20 Å². The summed E-state index contributed by atoms with van der Waals surface area (Å²) in [7, 11) is 0. The average molecular weight is 400 g/mol. The maximum atomic E-state index is 4.54. The lowest BCUT2D eigenvalue weighted by atomic mass is 10.1. The van der Waals surface area contributed by atoms with Gasteiger partial charge >= 0.3 is 0 Å². The van der Waals surface area contributed by atoms with Crippen LogP contribution in [-0.4, -0.2) is 39.8 Å². The van der Waals surface area contributed by atoms with E-state index in [0.29, 0.717) is 11.8 Å². The van der Waals surface area contributed by atoms with Gasteiger partial charge in [-0.15, -0.1) is 5.10 Å². The normalized spacial score (nSPS) is 13.7. The summed E-state index contributed by atoms with van der Waals surface area (Å²) in [6.45, 7) is 3.03. The molecule has 7 nitrogen and oxygen atoms in total. The highest BCUT2D eigenvalue weighted by atomic mass is 15.3. The van der Waals surface area contributed by atoms with E-state index in [-0.39, 0.29) is 0 Å². The molecular formula is C23H25N7. The number of para-hydroxylation sites is 1. The number of anilines is 4. The summed E-state index contributed by atoms with van der Waals surface area (Å²) in [4.78, 5) is 10.3. The molecule has 0 saturated carbocycles. The molecule has 7 heteroatoms. The second-order valence-corrected chi connectivity index (χ2v) is 7.57. The van der Waals surface area contributed by atoms with Crippen LogP contribution < -0.4 is 15.5 Å². The summed E-state index contributed by atoms with van der Waals surface area (Å²) in [5.41, 5.74) is 4.70. The summed E-state index contributed by atoms with van der Waals surface area (Å²) in [5, 5.41) is 16.0. The molecule has 4 aromatic rings. The van der Waals surface area contributed by atoms with Gasteiger partial charge in [0.25, 0.3) is 0 Å². The van der Waals surface area contributed by atoms with Gasteiger partial charge in [0.2, 0.25) is 5.95 Å². The lowest BCUT2D eigenvalue weighted by molar-refractivity contribution is 0.931. The molecule has 0 unspecified atom stereocenters. The number of nitrogens with zero attached hydrogens (tertiary/aromatic N) is 4. The highest BCUT2D eigenvalue weighted by molar-refractivity contribution is 5.83. The molecule has 30 heavy (non-hydrogen) atoms. The largest absolute Gasteiger partial charge is 0.372 e. The number of rotatable bonds is 7. The Balaban J connectivity index is 1.19. The number of hydrogen-bond donors (Lipinski definition) is 3. The van der Waals surface area contributed by atoms with Crippen LogP contribution in [0.1, 0.15) is 18.4 Å². The Kier molecular flexibility index (Phi) is 5.16. The second-order valence-electron chi connectivity index (χ2n) is 7.57. The molecule has 0 spiro atoms. The number of aromatic nitrogens is 4. The van der Waals surface area contributed by atoms with Gasteiger partial charge in [0.1, 0.15) is 0 Å². The van der Waals surface area contributed by atoms with E-state index < -0.39 is 0 Å². The topological polar surface area (TPSA) is 81.8 Å². The van der Waals surface area contributed by atoms with E-state index in [9.17, 15) is 0 Å². The minimum Gasteiger partial charge on any atom is -0.372 e. The number of H-pyrrole nitrogens is 1. The molecule has 3 N–H and O–H groups in total. The third-order valence-electron chi connectivity index (χ3n) is 5.52. The van der Waals surface area contributed by atoms with Gasteiger partial charge in [-0.1, -0.05) is 18.2 Å². The first kappa shape index (κ1) is 18.4. The predicted molar refractivity (Wildman–Crippen MR) is 121 cm³/mol. The lowest BCUT2D eigenvalue weighted by Crippen LogP contribution is -2.17. The SMILES string of the molecule is c1ccc2c(CCNc3nncc(Nc4ccc(N5CCCC5)cc4)n3)c[nH]c2c1. The van der Waals surface area contributed by atoms with Gasteiger partial charge in [-0.25, -0.2) is 0 Å². The van der Waals surface area contributed by atoms with E-state index in [2.05, 4.69) is 84.4 Å². The smallest absolute Gasteiger partial charge is 0.244 e. The van der Waals surface area contributed by atoms with Gasteiger partial charge < -0.3 is 20.5 Å². The summed E-state index contributed by atoms with van der Waals surface area (Å²) < 4.78 is 0. The number of hydrogen-bond acceptors (Lipinski definition) is 6. The Morgan fingerprint density at radius 2 is 1.83 bits per heavy atom. The molecule has 0 aliphatic carbocycles. The van der Waals surface area contributed by atoms with Gasteiger partial charge in [-0.3, -0.25) is 0 Å². The number of benzene rings is 2. The van der Waals surface area contributed by atoms with Crippen molar-refractivity contribution in [2.45, 2.75) is 19.3 Å². The van der Waals surface area contributed by atoms with E-state index in [0.717, 1.165) is 37.3 Å². The molecule has 3 heterocycles. The Labute approximate surface area is 175 Å². The van der Waals surface area contributed by atoms with Crippen LogP contribution in [0.4, 0.5) is 23.1 Å². The zero-order valence-corrected chi connectivity index (χ0v) is 16.8. The van der Waals surface area contributed by atoms with Crippen LogP contribution in [0, 0.1) is 0 Å². The Hall–Kier alpha value is -3.61. The fourth-order valence-electron chi connectivity index (χ4n) is 3.96. The molecule has 2 aromatic carbocycles. The van der Waals surface area contributed by atoms with E-state index in [1.807, 2.05) is 6.07 Å². The Bertz CT molecular complexity index is 1110. The van der Waals surface area contributed by atoms with Gasteiger partial charge in [0, 0.05) is 48.1 Å². The first-order valence-corrected chi connectivity index (χ1v) is 10.5. The van der Waals surface area contributed by atoms with Crippen molar-refractivity contribution in [1.29, 1.82) is 0 Å². The van der Waals surface area contributed by atoms with Crippen LogP contribution >= 0.6 is 0 Å². The standard InChI is InChI=1S/C23H25N7/c1-2-6-21-20(5-1)17(15-25-21)11-12-24-23-28-22(16-26-29-23)27-18-7-9-19(10-8-18)30-13-3-4-14-30/h1-2,5-10,15-16,25H,3-4,11-14H2,(H2,24,27,28,29). The molecule has 0 atom stereocenters. The maximum Gasteiger partial charge on any atom is 0.244 e. The third kappa shape index (κ3) is 4.05. The molecule has 1 saturated heterocycles. The zero-order chi connectivity index (χ0) is 20.2. The van der Waals surface area contributed by atoms with E-state index in [1.165, 1.54) is 29.5 Å². The fourth-order valence-corrected chi connectivity index (χ4v) is 3.96. The van der Waals surface area contributed by atoms with Crippen molar-refractivity contribution in [3.05, 3.63) is 66.5 Å². The van der Waals surface area contributed by atoms with Crippen molar-refractivity contribution >= 4 is 34.0 Å². The molecule has 1 fully saturated rings. The lowest BCUT2D eigenvalue weighted by Gasteiger charge is -2.17. The van der Waals surface area contributed by atoms with Crippen LogP contribution in [0.25, 0.3) is 10.9 Å². The molecule has 0 bridgehead atoms. The summed E-state index contributed by atoms with van der Waals surface area (Å²) in [5.74, 6) is 1.20. The monoisotopic (exact) mass is 399 g/mol. The molecular weight excluding hydrogens is 374 g/mol. The number of aromatic amines is 1. The molecule has 2 aromatic heterocycles. The van der Waals surface area contributed by atoms with E-state index in [4.69, 9.17) is 0 Å². The molecule has 152 valence electrons. The first-order chi connectivity index (χ1) is 14.8. The minimum atomic E-state index is 0.522. The predicted octanol–water partition coefficient (Wildman–Crippen LogP) is 4.35. The number of fused-ring (bicyclic) bond motifs is 1. The van der Waals surface area contributed by atoms with Crippen LogP contribution in [0.5, 0.6) is 0 Å². The van der Waals surface area contributed by atoms with Crippen molar-refractivity contribution in [3.8, 4) is 0 Å². The zero-order valence-electron chi connectivity index (χ0n) is 16.8. The van der Waals surface area contributed by atoms with E-state index >= 15 is 0 Å². The fraction of sp³-hybridized carbons (Fsp3) is 0.261. The molecule has 1 aliphatic rings. The Morgan fingerprint density at radius 3 is 2.70 bits per heavy atom. The van der Waals surface area contributed by atoms with Gasteiger partial charge in [0.05, 0.1) is 6.20 Å². The molecule has 1 aliphatic heterocycles. The number of nitrogens with one attached hydrogen (secondary N) is 3. The third-order valence-corrected chi connectivity index (χ3v) is 5.52. The van der Waals surface area contributed by atoms with Gasteiger partial charge in [-0.05, 0) is 55.2 Å². The van der Waals surface area contributed by atoms with Gasteiger partial charge in [-0.2, -0.15) is 10.1 Å². The minimum absolute atomic E-state index is 0.522. The molecule has 0 radical (unpaired) electrons. The van der Waals surface area contributed by atoms with Crippen molar-refractivity contribution in [2.24, 2.45) is 0 Å². The summed E-state index contributed by atoms with van der Waals surface area (Å²) in [6, 6.07) is 16.8. The first-order valence-electron chi connectivity index (χ1n) is 10.5. The van der Waals surface area contributed by atoms with Crippen LogP contribution in [0.2, 0.25) is 0 Å².